The Balaban J connectivity index is 2.52. The Morgan fingerprint density at radius 2 is 2.31 bits per heavy atom. The van der Waals surface area contributed by atoms with Gasteiger partial charge in [-0.25, -0.2) is 0 Å². The van der Waals surface area contributed by atoms with Crippen molar-refractivity contribution in [1.29, 1.82) is 0 Å². The maximum Gasteiger partial charge on any atom is 0.298 e. The highest BCUT2D eigenvalue weighted by Crippen LogP contribution is 2.13. The van der Waals surface area contributed by atoms with Gasteiger partial charge in [0, 0.05) is 19.1 Å². The van der Waals surface area contributed by atoms with Crippen LogP contribution < -0.4 is 0 Å². The van der Waals surface area contributed by atoms with Gasteiger partial charge in [0.25, 0.3) is 5.91 Å². The summed E-state index contributed by atoms with van der Waals surface area (Å²) in [4.78, 5) is 15.1. The molecular weight excluding hydrogens is 164 g/mol. The van der Waals surface area contributed by atoms with Crippen molar-refractivity contribution < 1.29 is 4.79 Å². The predicted octanol–water partition coefficient (Wildman–Crippen LogP) is 0.172. The zero-order valence-electron chi connectivity index (χ0n) is 8.29. The molecule has 0 radical (unpaired) electrons. The number of hydrogen-bond acceptors (Lipinski definition) is 2. The van der Waals surface area contributed by atoms with Crippen LogP contribution in [0.15, 0.2) is 0 Å². The first-order valence-corrected chi connectivity index (χ1v) is 4.57. The van der Waals surface area contributed by atoms with Crippen LogP contribution in [0.4, 0.5) is 0 Å². The summed E-state index contributed by atoms with van der Waals surface area (Å²) in [5.41, 5.74) is 0. The summed E-state index contributed by atoms with van der Waals surface area (Å²) in [5, 5.41) is 0. The van der Waals surface area contributed by atoms with E-state index in [4.69, 9.17) is 6.42 Å². The third-order valence-corrected chi connectivity index (χ3v) is 2.54. The molecule has 0 aromatic carbocycles. The molecule has 1 heterocycles. The minimum absolute atomic E-state index is 0.174. The summed E-state index contributed by atoms with van der Waals surface area (Å²) in [7, 11) is 4.07. The maximum absolute atomic E-state index is 11.2. The number of carbonyl (C=O) groups is 1. The topological polar surface area (TPSA) is 23.6 Å². The van der Waals surface area contributed by atoms with Crippen LogP contribution >= 0.6 is 0 Å². The molecule has 1 aliphatic rings. The molecule has 3 heteroatoms. The van der Waals surface area contributed by atoms with Crippen LogP contribution in [-0.2, 0) is 4.79 Å². The monoisotopic (exact) mass is 180 g/mol. The zero-order valence-corrected chi connectivity index (χ0v) is 8.29. The maximum atomic E-state index is 11.2. The van der Waals surface area contributed by atoms with E-state index in [1.54, 1.807) is 4.90 Å². The molecule has 1 saturated heterocycles. The number of hydrogen-bond donors (Lipinski definition) is 0. The fourth-order valence-electron chi connectivity index (χ4n) is 1.65. The summed E-state index contributed by atoms with van der Waals surface area (Å²) < 4.78 is 0. The Kier molecular flexibility index (Phi) is 3.32. The summed E-state index contributed by atoms with van der Waals surface area (Å²) in [6.45, 7) is 1.59. The van der Waals surface area contributed by atoms with E-state index in [0.717, 1.165) is 25.9 Å². The first-order valence-electron chi connectivity index (χ1n) is 4.57. The van der Waals surface area contributed by atoms with Crippen LogP contribution in [0, 0.1) is 12.3 Å². The van der Waals surface area contributed by atoms with Crippen molar-refractivity contribution in [2.75, 3.05) is 27.2 Å². The SMILES string of the molecule is C#CC(=O)N1CCCC(N(C)C)C1. The van der Waals surface area contributed by atoms with Crippen molar-refractivity contribution in [3.63, 3.8) is 0 Å². The molecule has 13 heavy (non-hydrogen) atoms. The lowest BCUT2D eigenvalue weighted by Crippen LogP contribution is -2.47. The molecule has 0 N–H and O–H groups in total. The van der Waals surface area contributed by atoms with Crippen molar-refractivity contribution in [2.24, 2.45) is 0 Å². The second-order valence-corrected chi connectivity index (χ2v) is 3.66. The number of carbonyl (C=O) groups excluding carboxylic acids is 1. The van der Waals surface area contributed by atoms with Gasteiger partial charge in [0.15, 0.2) is 0 Å². The van der Waals surface area contributed by atoms with Crippen molar-refractivity contribution >= 4 is 5.91 Å². The minimum atomic E-state index is -0.174. The van der Waals surface area contributed by atoms with E-state index in [-0.39, 0.29) is 5.91 Å². The van der Waals surface area contributed by atoms with Gasteiger partial charge in [-0.05, 0) is 32.9 Å². The molecule has 1 amide bonds. The third-order valence-electron chi connectivity index (χ3n) is 2.54. The van der Waals surface area contributed by atoms with Gasteiger partial charge in [0.2, 0.25) is 0 Å². The summed E-state index contributed by atoms with van der Waals surface area (Å²) in [6, 6.07) is 0.464. The number of amides is 1. The first-order chi connectivity index (χ1) is 6.15. The molecule has 0 spiro atoms. The Morgan fingerprint density at radius 1 is 1.62 bits per heavy atom. The van der Waals surface area contributed by atoms with Gasteiger partial charge in [-0.3, -0.25) is 4.79 Å². The van der Waals surface area contributed by atoms with E-state index >= 15 is 0 Å². The largest absolute Gasteiger partial charge is 0.330 e. The molecule has 1 rings (SSSR count). The fraction of sp³-hybridized carbons (Fsp3) is 0.700. The zero-order chi connectivity index (χ0) is 9.84. The molecule has 1 atom stereocenters. The normalized spacial score (nSPS) is 22.9. The molecule has 0 aromatic heterocycles. The van der Waals surface area contributed by atoms with Gasteiger partial charge in [-0.1, -0.05) is 0 Å². The van der Waals surface area contributed by atoms with Gasteiger partial charge < -0.3 is 9.80 Å². The second-order valence-electron chi connectivity index (χ2n) is 3.66. The van der Waals surface area contributed by atoms with Crippen LogP contribution in [0.1, 0.15) is 12.8 Å². The van der Waals surface area contributed by atoms with Crippen LogP contribution in [0.5, 0.6) is 0 Å². The van der Waals surface area contributed by atoms with Gasteiger partial charge in [0.05, 0.1) is 0 Å². The second kappa shape index (κ2) is 4.29. The molecule has 0 saturated carbocycles. The van der Waals surface area contributed by atoms with E-state index in [1.165, 1.54) is 0 Å². The molecule has 72 valence electrons. The lowest BCUT2D eigenvalue weighted by molar-refractivity contribution is -0.126. The van der Waals surface area contributed by atoms with Crippen LogP contribution in [0.3, 0.4) is 0 Å². The number of nitrogens with zero attached hydrogens (tertiary/aromatic N) is 2. The van der Waals surface area contributed by atoms with E-state index in [2.05, 4.69) is 10.8 Å². The van der Waals surface area contributed by atoms with E-state index in [9.17, 15) is 4.79 Å². The highest BCUT2D eigenvalue weighted by molar-refractivity contribution is 5.92. The minimum Gasteiger partial charge on any atom is -0.330 e. The molecule has 0 aliphatic carbocycles. The smallest absolute Gasteiger partial charge is 0.298 e. The molecule has 1 aliphatic heterocycles. The van der Waals surface area contributed by atoms with Crippen LogP contribution in [0.25, 0.3) is 0 Å². The van der Waals surface area contributed by atoms with Crippen molar-refractivity contribution in [3.05, 3.63) is 0 Å². The number of likely N-dealkylation sites (tertiary alicyclic amines) is 1. The standard InChI is InChI=1S/C10H16N2O/c1-4-10(13)12-7-5-6-9(8-12)11(2)3/h1,9H,5-8H2,2-3H3. The average molecular weight is 180 g/mol. The molecular formula is C10H16N2O. The summed E-state index contributed by atoms with van der Waals surface area (Å²) in [6.07, 6.45) is 7.28. The molecule has 3 nitrogen and oxygen atoms in total. The fourth-order valence-corrected chi connectivity index (χ4v) is 1.65. The van der Waals surface area contributed by atoms with Gasteiger partial charge >= 0.3 is 0 Å². The Bertz CT molecular complexity index is 230. The number of rotatable bonds is 1. The molecule has 1 fully saturated rings. The van der Waals surface area contributed by atoms with E-state index in [0.29, 0.717) is 6.04 Å². The molecule has 0 bridgehead atoms. The number of likely N-dealkylation sites (N-methyl/N-ethyl adjacent to an activating group) is 1. The number of piperidine rings is 1. The van der Waals surface area contributed by atoms with Gasteiger partial charge in [-0.15, -0.1) is 6.42 Å². The molecule has 0 aromatic rings. The van der Waals surface area contributed by atoms with Gasteiger partial charge in [0.1, 0.15) is 0 Å². The van der Waals surface area contributed by atoms with Gasteiger partial charge in [-0.2, -0.15) is 0 Å². The van der Waals surface area contributed by atoms with Crippen molar-refractivity contribution in [2.45, 2.75) is 18.9 Å². The Morgan fingerprint density at radius 3 is 2.85 bits per heavy atom. The average Bonchev–Trinajstić information content (AvgIpc) is 2.17. The molecule has 1 unspecified atom stereocenters. The third kappa shape index (κ3) is 2.46. The Hall–Kier alpha value is -1.01. The lowest BCUT2D eigenvalue weighted by atomic mass is 10.1. The van der Waals surface area contributed by atoms with Crippen LogP contribution in [0.2, 0.25) is 0 Å². The highest BCUT2D eigenvalue weighted by atomic mass is 16.2. The Labute approximate surface area is 79.7 Å². The first kappa shape index (κ1) is 10.1. The van der Waals surface area contributed by atoms with Crippen LogP contribution in [-0.4, -0.2) is 48.9 Å². The lowest BCUT2D eigenvalue weighted by Gasteiger charge is -2.35. The summed E-state index contributed by atoms with van der Waals surface area (Å²) >= 11 is 0. The summed E-state index contributed by atoms with van der Waals surface area (Å²) in [5.74, 6) is 1.99. The quantitative estimate of drug-likeness (QED) is 0.537. The number of terminal acetylenes is 1. The van der Waals surface area contributed by atoms with E-state index in [1.807, 2.05) is 14.1 Å². The predicted molar refractivity (Wildman–Crippen MR) is 52.1 cm³/mol. The van der Waals surface area contributed by atoms with Crippen molar-refractivity contribution in [1.82, 2.24) is 9.80 Å². The van der Waals surface area contributed by atoms with Crippen molar-refractivity contribution in [3.8, 4) is 12.3 Å². The highest BCUT2D eigenvalue weighted by Gasteiger charge is 2.23. The van der Waals surface area contributed by atoms with E-state index < -0.39 is 0 Å².